The maximum Gasteiger partial charge on any atom is 0.412 e. The Morgan fingerprint density at radius 2 is 1.78 bits per heavy atom. The Labute approximate surface area is 219 Å². The lowest BCUT2D eigenvalue weighted by Gasteiger charge is -2.15. The first-order chi connectivity index (χ1) is 17.8. The Morgan fingerprint density at radius 1 is 1.08 bits per heavy atom. The van der Waals surface area contributed by atoms with Crippen LogP contribution in [0.3, 0.4) is 0 Å². The van der Waals surface area contributed by atoms with Crippen LogP contribution in [0, 0.1) is 6.92 Å². The number of hydrogen-bond donors (Lipinski definition) is 2. The second-order valence-corrected chi connectivity index (χ2v) is 9.49. The van der Waals surface area contributed by atoms with Gasteiger partial charge in [0, 0.05) is 16.1 Å². The summed E-state index contributed by atoms with van der Waals surface area (Å²) in [4.78, 5) is 24.1. The van der Waals surface area contributed by atoms with E-state index in [0.717, 1.165) is 34.2 Å². The molecule has 4 aromatic rings. The van der Waals surface area contributed by atoms with Crippen molar-refractivity contribution in [3.05, 3.63) is 94.1 Å². The summed E-state index contributed by atoms with van der Waals surface area (Å²) in [5.41, 5.74) is 6.39. The molecule has 188 valence electrons. The summed E-state index contributed by atoms with van der Waals surface area (Å²) in [7, 11) is 0. The van der Waals surface area contributed by atoms with Crippen molar-refractivity contribution in [1.29, 1.82) is 0 Å². The molecule has 2 atom stereocenters. The lowest BCUT2D eigenvalue weighted by Crippen LogP contribution is -2.17. The smallest absolute Gasteiger partial charge is 0.412 e. The predicted molar refractivity (Wildman–Crippen MR) is 141 cm³/mol. The van der Waals surface area contributed by atoms with E-state index < -0.39 is 24.1 Å². The van der Waals surface area contributed by atoms with Crippen molar-refractivity contribution in [2.75, 3.05) is 5.32 Å². The van der Waals surface area contributed by atoms with Crippen molar-refractivity contribution in [3.8, 4) is 22.5 Å². The molecule has 37 heavy (non-hydrogen) atoms. The number of carboxylic acid groups (broad SMARTS) is 1. The maximum atomic E-state index is 12.7. The number of carboxylic acids is 1. The Balaban J connectivity index is 1.32. The van der Waals surface area contributed by atoms with E-state index in [2.05, 4.69) is 16.5 Å². The van der Waals surface area contributed by atoms with Crippen LogP contribution >= 0.6 is 11.6 Å². The van der Waals surface area contributed by atoms with Gasteiger partial charge in [0.05, 0.1) is 5.92 Å². The molecule has 0 spiro atoms. The van der Waals surface area contributed by atoms with Gasteiger partial charge >= 0.3 is 12.1 Å². The minimum atomic E-state index is -0.773. The van der Waals surface area contributed by atoms with E-state index in [-0.39, 0.29) is 0 Å². The fourth-order valence-corrected chi connectivity index (χ4v) is 5.03. The number of aryl methyl sites for hydroxylation is 2. The molecule has 0 saturated heterocycles. The van der Waals surface area contributed by atoms with Gasteiger partial charge in [-0.1, -0.05) is 77.4 Å². The van der Waals surface area contributed by atoms with Crippen LogP contribution in [0.25, 0.3) is 22.5 Å². The molecule has 0 bridgehead atoms. The molecule has 1 aliphatic carbocycles. The average molecular weight is 517 g/mol. The number of rotatable bonds is 6. The number of carbonyl (C=O) groups excluding carboxylic acids is 1. The number of anilines is 1. The second-order valence-electron chi connectivity index (χ2n) is 9.09. The van der Waals surface area contributed by atoms with E-state index in [9.17, 15) is 14.7 Å². The van der Waals surface area contributed by atoms with Crippen molar-refractivity contribution >= 4 is 29.4 Å². The molecular weight excluding hydrogens is 492 g/mol. The molecule has 1 amide bonds. The van der Waals surface area contributed by atoms with Crippen molar-refractivity contribution in [2.24, 2.45) is 0 Å². The SMILES string of the molecule is Cc1noc(-c2ccc(-c3ccc4c(c3)CCC4C(=O)O)cc2)c1NC(=O)OC(C)c1ccccc1Cl. The van der Waals surface area contributed by atoms with Gasteiger partial charge in [0.25, 0.3) is 0 Å². The first kappa shape index (κ1) is 24.6. The summed E-state index contributed by atoms with van der Waals surface area (Å²) >= 11 is 6.22. The van der Waals surface area contributed by atoms with Gasteiger partial charge in [-0.15, -0.1) is 0 Å². The number of aliphatic carboxylic acids is 1. The molecular formula is C29H25ClN2O5. The standard InChI is InChI=1S/C29H25ClN2O5/c1-16-26(31-29(35)36-17(2)22-5-3-4-6-25(22)30)27(37-32-16)19-9-7-18(8-10-19)20-11-13-23-21(15-20)12-14-24(23)28(33)34/h3-11,13,15,17,24H,12,14H2,1-2H3,(H,31,35)(H,33,34). The van der Waals surface area contributed by atoms with Crippen LogP contribution in [-0.4, -0.2) is 22.3 Å². The van der Waals surface area contributed by atoms with Crippen molar-refractivity contribution in [3.63, 3.8) is 0 Å². The van der Waals surface area contributed by atoms with E-state index >= 15 is 0 Å². The fraction of sp³-hybridized carbons (Fsp3) is 0.207. The first-order valence-electron chi connectivity index (χ1n) is 12.0. The van der Waals surface area contributed by atoms with E-state index in [0.29, 0.717) is 34.1 Å². The average Bonchev–Trinajstić information content (AvgIpc) is 3.47. The monoisotopic (exact) mass is 516 g/mol. The van der Waals surface area contributed by atoms with Crippen LogP contribution in [0.5, 0.6) is 0 Å². The van der Waals surface area contributed by atoms with E-state index in [1.165, 1.54) is 0 Å². The van der Waals surface area contributed by atoms with Gasteiger partial charge in [0.1, 0.15) is 17.5 Å². The maximum absolute atomic E-state index is 12.7. The second kappa shape index (κ2) is 10.1. The largest absolute Gasteiger partial charge is 0.481 e. The number of benzene rings is 3. The predicted octanol–water partition coefficient (Wildman–Crippen LogP) is 7.39. The number of aromatic nitrogens is 1. The third-order valence-corrected chi connectivity index (χ3v) is 7.06. The zero-order valence-corrected chi connectivity index (χ0v) is 21.1. The number of nitrogens with zero attached hydrogens (tertiary/aromatic N) is 1. The zero-order chi connectivity index (χ0) is 26.1. The van der Waals surface area contributed by atoms with Crippen molar-refractivity contribution in [1.82, 2.24) is 5.16 Å². The number of fused-ring (bicyclic) bond motifs is 1. The summed E-state index contributed by atoms with van der Waals surface area (Å²) in [6.07, 6.45) is 0.201. The third kappa shape index (κ3) is 4.95. The Hall–Kier alpha value is -4.10. The Bertz CT molecular complexity index is 1480. The highest BCUT2D eigenvalue weighted by Crippen LogP contribution is 2.37. The first-order valence-corrected chi connectivity index (χ1v) is 12.3. The lowest BCUT2D eigenvalue weighted by atomic mass is 9.96. The molecule has 2 N–H and O–H groups in total. The number of nitrogens with one attached hydrogen (secondary N) is 1. The minimum absolute atomic E-state index is 0.421. The van der Waals surface area contributed by atoms with Gasteiger partial charge in [-0.3, -0.25) is 10.1 Å². The molecule has 0 saturated carbocycles. The van der Waals surface area contributed by atoms with Crippen LogP contribution in [0.1, 0.15) is 47.8 Å². The quantitative estimate of drug-likeness (QED) is 0.277. The summed E-state index contributed by atoms with van der Waals surface area (Å²) in [5.74, 6) is -0.777. The number of halogens is 1. The molecule has 8 heteroatoms. The third-order valence-electron chi connectivity index (χ3n) is 6.72. The molecule has 0 fully saturated rings. The van der Waals surface area contributed by atoms with Gasteiger partial charge in [-0.05, 0) is 55.0 Å². The molecule has 1 heterocycles. The van der Waals surface area contributed by atoms with Gasteiger partial charge in [-0.2, -0.15) is 0 Å². The fourth-order valence-electron chi connectivity index (χ4n) is 4.74. The van der Waals surface area contributed by atoms with Gasteiger partial charge < -0.3 is 14.4 Å². The summed E-state index contributed by atoms with van der Waals surface area (Å²) in [6, 6.07) is 20.8. The Kier molecular flexibility index (Phi) is 6.72. The van der Waals surface area contributed by atoms with Crippen LogP contribution in [0.4, 0.5) is 10.5 Å². The highest BCUT2D eigenvalue weighted by molar-refractivity contribution is 6.31. The minimum Gasteiger partial charge on any atom is -0.481 e. The molecule has 1 aliphatic rings. The topological polar surface area (TPSA) is 102 Å². The molecule has 0 radical (unpaired) electrons. The molecule has 5 rings (SSSR count). The van der Waals surface area contributed by atoms with Crippen molar-refractivity contribution in [2.45, 2.75) is 38.7 Å². The molecule has 3 aromatic carbocycles. The lowest BCUT2D eigenvalue weighted by molar-refractivity contribution is -0.138. The number of carbonyl (C=O) groups is 2. The zero-order valence-electron chi connectivity index (χ0n) is 20.3. The molecule has 1 aromatic heterocycles. The van der Waals surface area contributed by atoms with Gasteiger partial charge in [-0.25, -0.2) is 4.79 Å². The van der Waals surface area contributed by atoms with Crippen LogP contribution in [0.15, 0.2) is 71.3 Å². The Morgan fingerprint density at radius 3 is 2.51 bits per heavy atom. The number of ether oxygens (including phenoxy) is 1. The highest BCUT2D eigenvalue weighted by atomic mass is 35.5. The molecule has 2 unspecified atom stereocenters. The highest BCUT2D eigenvalue weighted by Gasteiger charge is 2.28. The van der Waals surface area contributed by atoms with Crippen LogP contribution in [0.2, 0.25) is 5.02 Å². The van der Waals surface area contributed by atoms with Crippen LogP contribution < -0.4 is 5.32 Å². The summed E-state index contributed by atoms with van der Waals surface area (Å²) in [5, 5.41) is 16.7. The van der Waals surface area contributed by atoms with Gasteiger partial charge in [0.2, 0.25) is 0 Å². The summed E-state index contributed by atoms with van der Waals surface area (Å²) in [6.45, 7) is 3.49. The molecule has 0 aliphatic heterocycles. The van der Waals surface area contributed by atoms with E-state index in [1.54, 1.807) is 19.9 Å². The normalized spacial score (nSPS) is 15.2. The number of hydrogen-bond acceptors (Lipinski definition) is 5. The van der Waals surface area contributed by atoms with Crippen molar-refractivity contribution < 1.29 is 24.0 Å². The molecule has 7 nitrogen and oxygen atoms in total. The van der Waals surface area contributed by atoms with E-state index in [1.807, 2.05) is 54.6 Å². The van der Waals surface area contributed by atoms with E-state index in [4.69, 9.17) is 20.9 Å². The van der Waals surface area contributed by atoms with Gasteiger partial charge in [0.15, 0.2) is 5.76 Å². The number of amides is 1. The summed E-state index contributed by atoms with van der Waals surface area (Å²) < 4.78 is 11.1. The van der Waals surface area contributed by atoms with Crippen LogP contribution in [-0.2, 0) is 16.0 Å².